The van der Waals surface area contributed by atoms with Crippen molar-refractivity contribution in [1.29, 1.82) is 0 Å². The zero-order valence-corrected chi connectivity index (χ0v) is 16.9. The summed E-state index contributed by atoms with van der Waals surface area (Å²) in [7, 11) is 0. The van der Waals surface area contributed by atoms with E-state index in [2.05, 4.69) is 39.5 Å². The molecule has 0 aromatic heterocycles. The van der Waals surface area contributed by atoms with Crippen LogP contribution in [0.15, 0.2) is 0 Å². The van der Waals surface area contributed by atoms with Crippen molar-refractivity contribution in [1.82, 2.24) is 4.90 Å². The Bertz CT molecular complexity index is 410. The Morgan fingerprint density at radius 2 is 1.80 bits per heavy atom. The van der Waals surface area contributed by atoms with Gasteiger partial charge in [0.05, 0.1) is 31.5 Å². The molecule has 3 saturated heterocycles. The molecule has 6 atom stereocenters. The minimum Gasteiger partial charge on any atom is -0.381 e. The lowest BCUT2D eigenvalue weighted by Gasteiger charge is -2.45. The molecule has 0 aromatic carbocycles. The predicted octanol–water partition coefficient (Wildman–Crippen LogP) is 3.59. The largest absolute Gasteiger partial charge is 0.381 e. The molecule has 0 N–H and O–H groups in total. The zero-order valence-electron chi connectivity index (χ0n) is 16.9. The predicted molar refractivity (Wildman–Crippen MR) is 101 cm³/mol. The van der Waals surface area contributed by atoms with Crippen molar-refractivity contribution in [3.05, 3.63) is 0 Å². The maximum Gasteiger partial charge on any atom is 0.0836 e. The van der Waals surface area contributed by atoms with Crippen molar-refractivity contribution >= 4 is 0 Å². The maximum absolute atomic E-state index is 6.20. The van der Waals surface area contributed by atoms with E-state index >= 15 is 0 Å². The molecule has 3 rings (SSSR count). The molecule has 4 heteroatoms. The van der Waals surface area contributed by atoms with Gasteiger partial charge in [-0.2, -0.15) is 0 Å². The van der Waals surface area contributed by atoms with Gasteiger partial charge in [0, 0.05) is 25.0 Å². The highest BCUT2D eigenvalue weighted by molar-refractivity contribution is 4.92. The fourth-order valence-electron chi connectivity index (χ4n) is 5.32. The summed E-state index contributed by atoms with van der Waals surface area (Å²) in [4.78, 5) is 2.62. The van der Waals surface area contributed by atoms with Crippen molar-refractivity contribution in [2.24, 2.45) is 23.7 Å². The van der Waals surface area contributed by atoms with Crippen LogP contribution in [0.25, 0.3) is 0 Å². The first-order valence-electron chi connectivity index (χ1n) is 10.5. The molecule has 0 amide bonds. The third kappa shape index (κ3) is 4.77. The summed E-state index contributed by atoms with van der Waals surface area (Å²) in [5.74, 6) is 2.54. The van der Waals surface area contributed by atoms with Crippen molar-refractivity contribution < 1.29 is 14.2 Å². The number of hydrogen-bond acceptors (Lipinski definition) is 4. The van der Waals surface area contributed by atoms with Crippen LogP contribution in [0.3, 0.4) is 0 Å². The Morgan fingerprint density at radius 1 is 1.04 bits per heavy atom. The monoisotopic (exact) mass is 353 g/mol. The first kappa shape index (κ1) is 19.6. The van der Waals surface area contributed by atoms with Crippen LogP contribution in [-0.2, 0) is 14.2 Å². The molecule has 25 heavy (non-hydrogen) atoms. The summed E-state index contributed by atoms with van der Waals surface area (Å²) in [6.45, 7) is 16.5. The molecule has 4 nitrogen and oxygen atoms in total. The van der Waals surface area contributed by atoms with Crippen LogP contribution in [-0.4, -0.2) is 62.2 Å². The minimum atomic E-state index is 0.262. The van der Waals surface area contributed by atoms with Gasteiger partial charge in [-0.15, -0.1) is 0 Å². The Hall–Kier alpha value is -0.160. The number of hydrogen-bond donors (Lipinski definition) is 0. The average molecular weight is 354 g/mol. The van der Waals surface area contributed by atoms with Crippen LogP contribution >= 0.6 is 0 Å². The van der Waals surface area contributed by atoms with Crippen LogP contribution in [0.5, 0.6) is 0 Å². The molecule has 3 fully saturated rings. The Kier molecular flexibility index (Phi) is 6.81. The van der Waals surface area contributed by atoms with E-state index in [1.54, 1.807) is 0 Å². The molecule has 3 aliphatic heterocycles. The Labute approximate surface area is 154 Å². The van der Waals surface area contributed by atoms with E-state index < -0.39 is 0 Å². The molecule has 3 heterocycles. The van der Waals surface area contributed by atoms with E-state index in [1.807, 2.05) is 0 Å². The molecule has 3 aliphatic rings. The van der Waals surface area contributed by atoms with Crippen LogP contribution < -0.4 is 0 Å². The number of ether oxygens (including phenoxy) is 3. The summed E-state index contributed by atoms with van der Waals surface area (Å²) in [6, 6.07) is 0.684. The molecule has 6 unspecified atom stereocenters. The quantitative estimate of drug-likeness (QED) is 0.700. The fraction of sp³-hybridized carbons (Fsp3) is 1.00. The average Bonchev–Trinajstić information content (AvgIpc) is 2.92. The lowest BCUT2D eigenvalue weighted by molar-refractivity contribution is -0.103. The molecular weight excluding hydrogens is 314 g/mol. The second-order valence-electron chi connectivity index (χ2n) is 9.17. The molecular formula is C21H39NO3. The van der Waals surface area contributed by atoms with Gasteiger partial charge in [-0.25, -0.2) is 0 Å². The topological polar surface area (TPSA) is 30.9 Å². The van der Waals surface area contributed by atoms with Crippen LogP contribution in [0, 0.1) is 23.7 Å². The second kappa shape index (κ2) is 8.69. The third-order valence-corrected chi connectivity index (χ3v) is 6.54. The van der Waals surface area contributed by atoms with Gasteiger partial charge < -0.3 is 19.1 Å². The number of likely N-dealkylation sites (tertiary alicyclic amines) is 1. The normalized spacial score (nSPS) is 38.3. The van der Waals surface area contributed by atoms with E-state index in [4.69, 9.17) is 14.2 Å². The van der Waals surface area contributed by atoms with Crippen molar-refractivity contribution in [2.75, 3.05) is 32.9 Å². The van der Waals surface area contributed by atoms with Crippen molar-refractivity contribution in [3.8, 4) is 0 Å². The Morgan fingerprint density at radius 3 is 2.40 bits per heavy atom. The van der Waals surface area contributed by atoms with Crippen LogP contribution in [0.1, 0.15) is 53.9 Å². The SMILES string of the molecule is CC(C)OC1COC(C2COCC(CC(C)N3CCC3)C2C(C)C)C1. The molecule has 0 aliphatic carbocycles. The van der Waals surface area contributed by atoms with E-state index in [0.717, 1.165) is 26.2 Å². The van der Waals surface area contributed by atoms with Crippen LogP contribution in [0.2, 0.25) is 0 Å². The molecule has 0 aromatic rings. The summed E-state index contributed by atoms with van der Waals surface area (Å²) in [5, 5.41) is 0. The highest BCUT2D eigenvalue weighted by atomic mass is 16.6. The summed E-state index contributed by atoms with van der Waals surface area (Å²) >= 11 is 0. The molecule has 0 radical (unpaired) electrons. The molecule has 0 saturated carbocycles. The standard InChI is InChI=1S/C21H39NO3/c1-14(2)21-17(9-16(5)22-7-6-8-22)11-23-13-19(21)20-10-18(12-24-20)25-15(3)4/h14-21H,6-13H2,1-5H3. The van der Waals surface area contributed by atoms with Gasteiger partial charge in [-0.05, 0) is 64.5 Å². The van der Waals surface area contributed by atoms with Crippen LogP contribution in [0.4, 0.5) is 0 Å². The lowest BCUT2D eigenvalue weighted by atomic mass is 9.69. The first-order valence-corrected chi connectivity index (χ1v) is 10.5. The third-order valence-electron chi connectivity index (χ3n) is 6.54. The summed E-state index contributed by atoms with van der Waals surface area (Å²) in [6.07, 6.45) is 4.51. The number of nitrogens with zero attached hydrogens (tertiary/aromatic N) is 1. The summed E-state index contributed by atoms with van der Waals surface area (Å²) in [5.41, 5.74) is 0. The summed E-state index contributed by atoms with van der Waals surface area (Å²) < 4.78 is 18.3. The van der Waals surface area contributed by atoms with Gasteiger partial charge in [-0.1, -0.05) is 13.8 Å². The second-order valence-corrected chi connectivity index (χ2v) is 9.17. The van der Waals surface area contributed by atoms with Gasteiger partial charge in [0.2, 0.25) is 0 Å². The van der Waals surface area contributed by atoms with Crippen molar-refractivity contribution in [3.63, 3.8) is 0 Å². The maximum atomic E-state index is 6.20. The Balaban J connectivity index is 1.62. The smallest absolute Gasteiger partial charge is 0.0836 e. The van der Waals surface area contributed by atoms with Gasteiger partial charge >= 0.3 is 0 Å². The van der Waals surface area contributed by atoms with Gasteiger partial charge in [0.25, 0.3) is 0 Å². The van der Waals surface area contributed by atoms with Gasteiger partial charge in [0.15, 0.2) is 0 Å². The number of rotatable bonds is 7. The minimum absolute atomic E-state index is 0.262. The fourth-order valence-corrected chi connectivity index (χ4v) is 5.32. The lowest BCUT2D eigenvalue weighted by Crippen LogP contribution is -2.49. The van der Waals surface area contributed by atoms with E-state index in [1.165, 1.54) is 25.9 Å². The van der Waals surface area contributed by atoms with Crippen molar-refractivity contribution in [2.45, 2.75) is 78.2 Å². The zero-order chi connectivity index (χ0) is 18.0. The highest BCUT2D eigenvalue weighted by Gasteiger charge is 2.44. The highest BCUT2D eigenvalue weighted by Crippen LogP contribution is 2.41. The van der Waals surface area contributed by atoms with E-state index in [-0.39, 0.29) is 12.2 Å². The molecule has 0 bridgehead atoms. The molecule has 0 spiro atoms. The van der Waals surface area contributed by atoms with Gasteiger partial charge in [-0.3, -0.25) is 0 Å². The first-order chi connectivity index (χ1) is 12.0. The van der Waals surface area contributed by atoms with Gasteiger partial charge in [0.1, 0.15) is 0 Å². The van der Waals surface area contributed by atoms with E-state index in [0.29, 0.717) is 35.8 Å². The van der Waals surface area contributed by atoms with E-state index in [9.17, 15) is 0 Å². The molecule has 146 valence electrons.